The molecule has 3 aromatic rings. The molecule has 4 rings (SSSR count). The van der Waals surface area contributed by atoms with Crippen LogP contribution in [0.4, 0.5) is 5.82 Å². The number of methoxy groups -OCH3 is 1. The zero-order valence-corrected chi connectivity index (χ0v) is 13.9. The van der Waals surface area contributed by atoms with Crippen LogP contribution in [0.3, 0.4) is 0 Å². The van der Waals surface area contributed by atoms with Gasteiger partial charge in [0.05, 0.1) is 7.11 Å². The van der Waals surface area contributed by atoms with Gasteiger partial charge in [0.15, 0.2) is 17.1 Å². The number of anilines is 1. The summed E-state index contributed by atoms with van der Waals surface area (Å²) in [6, 6.07) is 13.3. The van der Waals surface area contributed by atoms with E-state index >= 15 is 0 Å². The standard InChI is InChI=1S/C19H19N3O3/c1-24-15-6-4-5-13-11-16(25-18(13)15)19(23)21-14-8-10-22(12-14)17-7-2-3-9-20-17/h2-7,9,11,14H,8,10,12H2,1H3,(H,21,23). The Bertz CT molecular complexity index is 891. The van der Waals surface area contributed by atoms with Crippen molar-refractivity contribution in [1.29, 1.82) is 0 Å². The van der Waals surface area contributed by atoms with E-state index in [1.165, 1.54) is 0 Å². The molecule has 1 unspecified atom stereocenters. The Kier molecular flexibility index (Phi) is 4.01. The number of furan rings is 1. The SMILES string of the molecule is COc1cccc2cc(C(=O)NC3CCN(c4ccccn4)C3)oc12. The van der Waals surface area contributed by atoms with E-state index < -0.39 is 0 Å². The molecule has 1 saturated heterocycles. The first-order valence-corrected chi connectivity index (χ1v) is 8.28. The van der Waals surface area contributed by atoms with E-state index in [-0.39, 0.29) is 11.9 Å². The summed E-state index contributed by atoms with van der Waals surface area (Å²) in [6.45, 7) is 1.61. The number of hydrogen-bond acceptors (Lipinski definition) is 5. The van der Waals surface area contributed by atoms with Gasteiger partial charge in [-0.2, -0.15) is 0 Å². The van der Waals surface area contributed by atoms with Gasteiger partial charge in [-0.05, 0) is 30.7 Å². The van der Waals surface area contributed by atoms with E-state index in [4.69, 9.17) is 9.15 Å². The molecule has 0 spiro atoms. The number of carbonyl (C=O) groups excluding carboxylic acids is 1. The van der Waals surface area contributed by atoms with Gasteiger partial charge in [0.2, 0.25) is 0 Å². The van der Waals surface area contributed by atoms with E-state index in [0.29, 0.717) is 17.1 Å². The van der Waals surface area contributed by atoms with Crippen molar-refractivity contribution in [3.05, 3.63) is 54.4 Å². The minimum Gasteiger partial charge on any atom is -0.493 e. The molecule has 1 aliphatic rings. The maximum Gasteiger partial charge on any atom is 0.287 e. The number of pyridine rings is 1. The minimum atomic E-state index is -0.203. The number of rotatable bonds is 4. The Morgan fingerprint density at radius 2 is 2.24 bits per heavy atom. The lowest BCUT2D eigenvalue weighted by molar-refractivity contribution is 0.0914. The fraction of sp³-hybridized carbons (Fsp3) is 0.263. The number of benzene rings is 1. The normalized spacial score (nSPS) is 17.0. The van der Waals surface area contributed by atoms with Gasteiger partial charge in [-0.25, -0.2) is 4.98 Å². The highest BCUT2D eigenvalue weighted by molar-refractivity contribution is 5.97. The number of fused-ring (bicyclic) bond motifs is 1. The summed E-state index contributed by atoms with van der Waals surface area (Å²) in [5.74, 6) is 1.66. The molecule has 1 amide bonds. The number of para-hydroxylation sites is 1. The van der Waals surface area contributed by atoms with E-state index in [2.05, 4.69) is 15.2 Å². The molecule has 25 heavy (non-hydrogen) atoms. The van der Waals surface area contributed by atoms with Gasteiger partial charge in [0.1, 0.15) is 5.82 Å². The summed E-state index contributed by atoms with van der Waals surface area (Å²) in [6.07, 6.45) is 2.66. The molecule has 1 atom stereocenters. The molecule has 2 aromatic heterocycles. The predicted octanol–water partition coefficient (Wildman–Crippen LogP) is 2.85. The first-order valence-electron chi connectivity index (χ1n) is 8.28. The molecule has 1 aromatic carbocycles. The quantitative estimate of drug-likeness (QED) is 0.793. The molecule has 6 nitrogen and oxygen atoms in total. The highest BCUT2D eigenvalue weighted by Gasteiger charge is 2.26. The molecule has 0 aliphatic carbocycles. The molecule has 1 fully saturated rings. The molecule has 128 valence electrons. The topological polar surface area (TPSA) is 67.6 Å². The van der Waals surface area contributed by atoms with Crippen molar-refractivity contribution in [3.63, 3.8) is 0 Å². The highest BCUT2D eigenvalue weighted by atomic mass is 16.5. The van der Waals surface area contributed by atoms with E-state index in [1.807, 2.05) is 36.4 Å². The third-order valence-corrected chi connectivity index (χ3v) is 4.45. The summed E-state index contributed by atoms with van der Waals surface area (Å²) in [7, 11) is 1.59. The van der Waals surface area contributed by atoms with Crippen molar-refractivity contribution in [2.24, 2.45) is 0 Å². The molecule has 6 heteroatoms. The van der Waals surface area contributed by atoms with Crippen LogP contribution in [0.1, 0.15) is 17.0 Å². The molecular formula is C19H19N3O3. The lowest BCUT2D eigenvalue weighted by Crippen LogP contribution is -2.37. The zero-order valence-electron chi connectivity index (χ0n) is 13.9. The van der Waals surface area contributed by atoms with Crippen LogP contribution in [0, 0.1) is 0 Å². The van der Waals surface area contributed by atoms with Crippen molar-refractivity contribution in [3.8, 4) is 5.75 Å². The summed E-state index contributed by atoms with van der Waals surface area (Å²) in [5, 5.41) is 3.90. The third-order valence-electron chi connectivity index (χ3n) is 4.45. The van der Waals surface area contributed by atoms with Crippen LogP contribution in [0.25, 0.3) is 11.0 Å². The molecule has 0 radical (unpaired) electrons. The van der Waals surface area contributed by atoms with Gasteiger partial charge < -0.3 is 19.4 Å². The monoisotopic (exact) mass is 337 g/mol. The maximum atomic E-state index is 12.5. The Hall–Kier alpha value is -3.02. The van der Waals surface area contributed by atoms with Crippen LogP contribution in [-0.2, 0) is 0 Å². The van der Waals surface area contributed by atoms with Gasteiger partial charge >= 0.3 is 0 Å². The fourth-order valence-electron chi connectivity index (χ4n) is 3.19. The number of ether oxygens (including phenoxy) is 1. The van der Waals surface area contributed by atoms with Gasteiger partial charge in [0.25, 0.3) is 5.91 Å². The van der Waals surface area contributed by atoms with Crippen molar-refractivity contribution < 1.29 is 13.9 Å². The van der Waals surface area contributed by atoms with E-state index in [1.54, 1.807) is 19.4 Å². The molecule has 0 bridgehead atoms. The largest absolute Gasteiger partial charge is 0.493 e. The number of carbonyl (C=O) groups is 1. The predicted molar refractivity (Wildman–Crippen MR) is 95.1 cm³/mol. The lowest BCUT2D eigenvalue weighted by atomic mass is 10.2. The Morgan fingerprint density at radius 1 is 1.32 bits per heavy atom. The van der Waals surface area contributed by atoms with Crippen LogP contribution >= 0.6 is 0 Å². The van der Waals surface area contributed by atoms with Gasteiger partial charge in [0, 0.05) is 30.7 Å². The number of aromatic nitrogens is 1. The first-order chi connectivity index (χ1) is 12.2. The second kappa shape index (κ2) is 6.47. The van der Waals surface area contributed by atoms with Crippen molar-refractivity contribution >= 4 is 22.7 Å². The van der Waals surface area contributed by atoms with E-state index in [0.717, 1.165) is 30.7 Å². The number of nitrogens with zero attached hydrogens (tertiary/aromatic N) is 2. The minimum absolute atomic E-state index is 0.0737. The Labute approximate surface area is 145 Å². The summed E-state index contributed by atoms with van der Waals surface area (Å²) in [5.41, 5.74) is 0.594. The van der Waals surface area contributed by atoms with E-state index in [9.17, 15) is 4.79 Å². The van der Waals surface area contributed by atoms with Crippen LogP contribution in [-0.4, -0.2) is 37.1 Å². The summed E-state index contributed by atoms with van der Waals surface area (Å²) < 4.78 is 11.0. The summed E-state index contributed by atoms with van der Waals surface area (Å²) >= 11 is 0. The van der Waals surface area contributed by atoms with Crippen molar-refractivity contribution in [2.45, 2.75) is 12.5 Å². The lowest BCUT2D eigenvalue weighted by Gasteiger charge is -2.17. The van der Waals surface area contributed by atoms with Crippen molar-refractivity contribution in [1.82, 2.24) is 10.3 Å². The smallest absolute Gasteiger partial charge is 0.287 e. The second-order valence-corrected chi connectivity index (χ2v) is 6.08. The van der Waals surface area contributed by atoms with Gasteiger partial charge in [-0.15, -0.1) is 0 Å². The Balaban J connectivity index is 1.46. The van der Waals surface area contributed by atoms with Crippen LogP contribution in [0.5, 0.6) is 5.75 Å². The highest BCUT2D eigenvalue weighted by Crippen LogP contribution is 2.28. The fourth-order valence-corrected chi connectivity index (χ4v) is 3.19. The average molecular weight is 337 g/mol. The molecule has 3 heterocycles. The molecule has 1 N–H and O–H groups in total. The number of amides is 1. The van der Waals surface area contributed by atoms with Gasteiger partial charge in [-0.1, -0.05) is 18.2 Å². The molecule has 1 aliphatic heterocycles. The molecular weight excluding hydrogens is 318 g/mol. The van der Waals surface area contributed by atoms with Crippen LogP contribution in [0.15, 0.2) is 53.1 Å². The van der Waals surface area contributed by atoms with Gasteiger partial charge in [-0.3, -0.25) is 4.79 Å². The molecule has 0 saturated carbocycles. The number of nitrogens with one attached hydrogen (secondary N) is 1. The Morgan fingerprint density at radius 3 is 3.04 bits per heavy atom. The first kappa shape index (κ1) is 15.5. The second-order valence-electron chi connectivity index (χ2n) is 6.08. The van der Waals surface area contributed by atoms with Crippen LogP contribution < -0.4 is 15.0 Å². The average Bonchev–Trinajstić information content (AvgIpc) is 3.29. The third kappa shape index (κ3) is 3.03. The number of hydrogen-bond donors (Lipinski definition) is 1. The zero-order chi connectivity index (χ0) is 17.2. The van der Waals surface area contributed by atoms with Crippen molar-refractivity contribution in [2.75, 3.05) is 25.1 Å². The van der Waals surface area contributed by atoms with Crippen LogP contribution in [0.2, 0.25) is 0 Å². The summed E-state index contributed by atoms with van der Waals surface area (Å²) in [4.78, 5) is 19.1. The maximum absolute atomic E-state index is 12.5.